The van der Waals surface area contributed by atoms with E-state index in [2.05, 4.69) is 0 Å². The average molecular weight is 167 g/mol. The van der Waals surface area contributed by atoms with E-state index in [1.54, 1.807) is 0 Å². The fourth-order valence-corrected chi connectivity index (χ4v) is 1.01. The zero-order valence-corrected chi connectivity index (χ0v) is 5.95. The Morgan fingerprint density at radius 2 is 2.10 bits per heavy atom. The molecule has 0 aromatic heterocycles. The number of rotatable bonds is 3. The summed E-state index contributed by atoms with van der Waals surface area (Å²) in [6.45, 7) is 0. The molecule has 0 fully saturated rings. The van der Waals surface area contributed by atoms with Gasteiger partial charge in [0.1, 0.15) is 0 Å². The summed E-state index contributed by atoms with van der Waals surface area (Å²) in [5, 5.41) is 8.10. The molecule has 0 aromatic rings. The summed E-state index contributed by atoms with van der Waals surface area (Å²) in [6.07, 6.45) is 1.70. The van der Waals surface area contributed by atoms with Crippen LogP contribution in [0.5, 0.6) is 0 Å². The van der Waals surface area contributed by atoms with Crippen molar-refractivity contribution in [1.82, 2.24) is 0 Å². The molecule has 0 saturated heterocycles. The van der Waals surface area contributed by atoms with Crippen molar-refractivity contribution in [1.29, 1.82) is 0 Å². The Kier molecular flexibility index (Phi) is 3.34. The maximum Gasteiger partial charge on any atom is 0.266 e. The van der Waals surface area contributed by atoms with E-state index in [1.165, 1.54) is 0 Å². The molecule has 60 valence electrons. The molecule has 6 heteroatoms. The van der Waals surface area contributed by atoms with Crippen molar-refractivity contribution < 1.29 is 18.1 Å². The van der Waals surface area contributed by atoms with Crippen molar-refractivity contribution in [3.63, 3.8) is 0 Å². The number of nitrogens with two attached hydrogens (primary N) is 1. The lowest BCUT2D eigenvalue weighted by molar-refractivity contribution is 0.466. The topological polar surface area (TPSA) is 101 Å². The second-order valence-corrected chi connectivity index (χ2v) is 3.25. The highest BCUT2D eigenvalue weighted by atomic mass is 32.2. The van der Waals surface area contributed by atoms with Crippen LogP contribution in [0.1, 0.15) is 0 Å². The molecule has 0 rings (SSSR count). The molecule has 10 heavy (non-hydrogen) atoms. The van der Waals surface area contributed by atoms with Gasteiger partial charge in [-0.25, -0.2) is 0 Å². The van der Waals surface area contributed by atoms with Crippen LogP contribution in [0, 0.1) is 0 Å². The monoisotopic (exact) mass is 167 g/mol. The van der Waals surface area contributed by atoms with Gasteiger partial charge in [0.25, 0.3) is 10.1 Å². The van der Waals surface area contributed by atoms with Crippen molar-refractivity contribution in [2.45, 2.75) is 6.04 Å². The van der Waals surface area contributed by atoms with Crippen molar-refractivity contribution in [2.75, 3.05) is 5.75 Å². The van der Waals surface area contributed by atoms with Crippen LogP contribution in [-0.4, -0.2) is 29.9 Å². The van der Waals surface area contributed by atoms with Gasteiger partial charge in [0, 0.05) is 6.04 Å². The molecule has 0 amide bonds. The smallest absolute Gasteiger partial charge is 0.266 e. The van der Waals surface area contributed by atoms with Crippen LogP contribution in [0.3, 0.4) is 0 Å². The largest absolute Gasteiger partial charge is 0.516 e. The molecular weight excluding hydrogens is 158 g/mol. The Morgan fingerprint density at radius 1 is 1.60 bits per heavy atom. The van der Waals surface area contributed by atoms with Crippen molar-refractivity contribution in [3.8, 4) is 0 Å². The van der Waals surface area contributed by atoms with E-state index >= 15 is 0 Å². The lowest BCUT2D eigenvalue weighted by Crippen LogP contribution is -2.26. The Labute approximate surface area is 58.9 Å². The third-order valence-electron chi connectivity index (χ3n) is 0.736. The van der Waals surface area contributed by atoms with Gasteiger partial charge in [-0.05, 0) is 6.08 Å². The molecule has 4 N–H and O–H groups in total. The van der Waals surface area contributed by atoms with E-state index in [-0.39, 0.29) is 0 Å². The molecule has 0 radical (unpaired) electrons. The van der Waals surface area contributed by atoms with E-state index < -0.39 is 21.9 Å². The third kappa shape index (κ3) is 5.54. The molecule has 0 saturated carbocycles. The van der Waals surface area contributed by atoms with Crippen LogP contribution in [-0.2, 0) is 10.1 Å². The third-order valence-corrected chi connectivity index (χ3v) is 1.54. The maximum atomic E-state index is 10.1. The van der Waals surface area contributed by atoms with E-state index in [0.717, 1.165) is 6.08 Å². The van der Waals surface area contributed by atoms with Gasteiger partial charge in [0.05, 0.1) is 12.0 Å². The molecular formula is C4H9NO4S. The molecule has 0 spiro atoms. The fraction of sp³-hybridized carbons (Fsp3) is 0.500. The Hall–Kier alpha value is -0.590. The second kappa shape index (κ2) is 3.55. The Bertz CT molecular complexity index is 207. The van der Waals surface area contributed by atoms with E-state index in [4.69, 9.17) is 15.4 Å². The Morgan fingerprint density at radius 3 is 2.40 bits per heavy atom. The first-order valence-electron chi connectivity index (χ1n) is 2.47. The van der Waals surface area contributed by atoms with Crippen LogP contribution in [0.25, 0.3) is 0 Å². The van der Waals surface area contributed by atoms with Crippen LogP contribution in [0.4, 0.5) is 0 Å². The summed E-state index contributed by atoms with van der Waals surface area (Å²) in [5.74, 6) is -0.579. The van der Waals surface area contributed by atoms with Crippen LogP contribution in [0.15, 0.2) is 12.3 Å². The maximum absolute atomic E-state index is 10.1. The van der Waals surface area contributed by atoms with E-state index in [9.17, 15) is 8.42 Å². The quantitative estimate of drug-likeness (QED) is 0.380. The number of hydrogen-bond acceptors (Lipinski definition) is 4. The molecule has 0 bridgehead atoms. The van der Waals surface area contributed by atoms with E-state index in [1.807, 2.05) is 0 Å². The summed E-state index contributed by atoms with van der Waals surface area (Å²) in [5.41, 5.74) is 5.08. The first kappa shape index (κ1) is 9.41. The first-order valence-corrected chi connectivity index (χ1v) is 4.08. The minimum atomic E-state index is -4.03. The number of aliphatic hydroxyl groups is 1. The van der Waals surface area contributed by atoms with Crippen LogP contribution in [0.2, 0.25) is 0 Å². The number of aliphatic hydroxyl groups excluding tert-OH is 1. The van der Waals surface area contributed by atoms with Gasteiger partial charge in [0.2, 0.25) is 0 Å². The summed E-state index contributed by atoms with van der Waals surface area (Å²) < 4.78 is 28.3. The fourth-order valence-electron chi connectivity index (χ4n) is 0.409. The SMILES string of the molecule is NC(C=CO)CS(=O)(=O)O. The van der Waals surface area contributed by atoms with Crippen LogP contribution >= 0.6 is 0 Å². The van der Waals surface area contributed by atoms with Crippen molar-refractivity contribution in [2.24, 2.45) is 5.73 Å². The summed E-state index contributed by atoms with van der Waals surface area (Å²) in [4.78, 5) is 0. The molecule has 0 aliphatic heterocycles. The predicted octanol–water partition coefficient (Wildman–Crippen LogP) is -0.727. The molecule has 0 aliphatic carbocycles. The standard InChI is InChI=1S/C4H9NO4S/c5-4(1-2-6)3-10(7,8)9/h1-2,4,6H,3,5H2,(H,7,8,9). The predicted molar refractivity (Wildman–Crippen MR) is 36.2 cm³/mol. The molecule has 1 unspecified atom stereocenters. The van der Waals surface area contributed by atoms with Crippen LogP contribution < -0.4 is 5.73 Å². The molecule has 0 heterocycles. The van der Waals surface area contributed by atoms with E-state index in [0.29, 0.717) is 6.26 Å². The van der Waals surface area contributed by atoms with Gasteiger partial charge in [0.15, 0.2) is 0 Å². The summed E-state index contributed by atoms with van der Waals surface area (Å²) >= 11 is 0. The molecule has 1 atom stereocenters. The highest BCUT2D eigenvalue weighted by Crippen LogP contribution is 1.88. The van der Waals surface area contributed by atoms with Gasteiger partial charge in [-0.3, -0.25) is 4.55 Å². The first-order chi connectivity index (χ1) is 4.45. The molecule has 5 nitrogen and oxygen atoms in total. The number of hydrogen-bond donors (Lipinski definition) is 3. The molecule has 0 aromatic carbocycles. The summed E-state index contributed by atoms with van der Waals surface area (Å²) in [6, 6.07) is -0.861. The minimum Gasteiger partial charge on any atom is -0.516 e. The van der Waals surface area contributed by atoms with Gasteiger partial charge in [-0.1, -0.05) is 0 Å². The lowest BCUT2D eigenvalue weighted by Gasteiger charge is -2.00. The van der Waals surface area contributed by atoms with Crippen molar-refractivity contribution >= 4 is 10.1 Å². The highest BCUT2D eigenvalue weighted by Gasteiger charge is 2.08. The normalized spacial score (nSPS) is 15.8. The average Bonchev–Trinajstić information content (AvgIpc) is 1.59. The second-order valence-electron chi connectivity index (χ2n) is 1.75. The van der Waals surface area contributed by atoms with Gasteiger partial charge in [-0.2, -0.15) is 8.42 Å². The van der Waals surface area contributed by atoms with Gasteiger partial charge in [-0.15, -0.1) is 0 Å². The zero-order valence-electron chi connectivity index (χ0n) is 5.14. The highest BCUT2D eigenvalue weighted by molar-refractivity contribution is 7.85. The minimum absolute atomic E-state index is 0.579. The lowest BCUT2D eigenvalue weighted by atomic mass is 10.4. The Balaban J connectivity index is 3.93. The van der Waals surface area contributed by atoms with Gasteiger partial charge < -0.3 is 10.8 Å². The zero-order chi connectivity index (χ0) is 8.20. The summed E-state index contributed by atoms with van der Waals surface area (Å²) in [7, 11) is -4.03. The van der Waals surface area contributed by atoms with Gasteiger partial charge >= 0.3 is 0 Å². The van der Waals surface area contributed by atoms with Crippen molar-refractivity contribution in [3.05, 3.63) is 12.3 Å². The molecule has 0 aliphatic rings.